The van der Waals surface area contributed by atoms with E-state index in [9.17, 15) is 0 Å². The Morgan fingerprint density at radius 3 is 2.67 bits per heavy atom. The van der Waals surface area contributed by atoms with Crippen LogP contribution < -0.4 is 5.32 Å². The summed E-state index contributed by atoms with van der Waals surface area (Å²) in [6.07, 6.45) is 0. The minimum atomic E-state index is 0.525. The standard InChI is InChI=1S/C9H5BrCl2N2S/c10-8-4-15-9(14-8)13-5-1-2-6(11)7(12)3-5/h1-4H,(H,13,14). The summed E-state index contributed by atoms with van der Waals surface area (Å²) < 4.78 is 0.815. The van der Waals surface area contributed by atoms with Gasteiger partial charge in [0.1, 0.15) is 4.60 Å². The molecular weight excluding hydrogens is 319 g/mol. The Bertz CT molecular complexity index is 487. The van der Waals surface area contributed by atoms with Crippen LogP contribution in [0.25, 0.3) is 0 Å². The molecule has 1 aromatic heterocycles. The summed E-state index contributed by atoms with van der Waals surface area (Å²) in [6, 6.07) is 5.36. The topological polar surface area (TPSA) is 24.9 Å². The monoisotopic (exact) mass is 322 g/mol. The van der Waals surface area contributed by atoms with E-state index in [-0.39, 0.29) is 0 Å². The molecule has 0 unspecified atom stereocenters. The van der Waals surface area contributed by atoms with E-state index in [2.05, 4.69) is 26.2 Å². The molecule has 0 fully saturated rings. The van der Waals surface area contributed by atoms with Crippen molar-refractivity contribution in [1.29, 1.82) is 0 Å². The zero-order valence-electron chi connectivity index (χ0n) is 7.30. The molecule has 0 amide bonds. The summed E-state index contributed by atoms with van der Waals surface area (Å²) >= 11 is 16.5. The molecule has 0 atom stereocenters. The van der Waals surface area contributed by atoms with Crippen LogP contribution in [0.5, 0.6) is 0 Å². The van der Waals surface area contributed by atoms with Crippen LogP contribution in [0, 0.1) is 0 Å². The van der Waals surface area contributed by atoms with Crippen LogP contribution in [-0.2, 0) is 0 Å². The zero-order valence-corrected chi connectivity index (χ0v) is 11.2. The van der Waals surface area contributed by atoms with Crippen molar-refractivity contribution in [2.75, 3.05) is 5.32 Å². The van der Waals surface area contributed by atoms with Crippen LogP contribution in [0.1, 0.15) is 0 Å². The molecule has 0 aliphatic heterocycles. The van der Waals surface area contributed by atoms with Crippen molar-refractivity contribution in [3.63, 3.8) is 0 Å². The van der Waals surface area contributed by atoms with E-state index < -0.39 is 0 Å². The first-order valence-electron chi connectivity index (χ1n) is 3.98. The van der Waals surface area contributed by atoms with Crippen LogP contribution in [0.3, 0.4) is 0 Å². The largest absolute Gasteiger partial charge is 0.331 e. The van der Waals surface area contributed by atoms with Crippen molar-refractivity contribution in [2.45, 2.75) is 0 Å². The van der Waals surface area contributed by atoms with Gasteiger partial charge in [-0.3, -0.25) is 0 Å². The SMILES string of the molecule is Clc1ccc(Nc2nc(Br)cs2)cc1Cl. The van der Waals surface area contributed by atoms with Crippen molar-refractivity contribution in [1.82, 2.24) is 4.98 Å². The Kier molecular flexibility index (Phi) is 3.51. The van der Waals surface area contributed by atoms with Crippen molar-refractivity contribution < 1.29 is 0 Å². The van der Waals surface area contributed by atoms with E-state index in [1.165, 1.54) is 11.3 Å². The molecule has 0 saturated carbocycles. The van der Waals surface area contributed by atoms with Gasteiger partial charge in [0.05, 0.1) is 10.0 Å². The van der Waals surface area contributed by atoms with E-state index in [1.807, 2.05) is 11.4 Å². The Hall–Kier alpha value is -0.290. The molecule has 78 valence electrons. The van der Waals surface area contributed by atoms with E-state index in [0.29, 0.717) is 10.0 Å². The Morgan fingerprint density at radius 1 is 1.27 bits per heavy atom. The third kappa shape index (κ3) is 2.84. The smallest absolute Gasteiger partial charge is 0.188 e. The highest BCUT2D eigenvalue weighted by Crippen LogP contribution is 2.28. The fraction of sp³-hybridized carbons (Fsp3) is 0. The summed E-state index contributed by atoms with van der Waals surface area (Å²) in [4.78, 5) is 4.21. The first-order valence-corrected chi connectivity index (χ1v) is 6.41. The number of thiazole rings is 1. The maximum Gasteiger partial charge on any atom is 0.188 e. The average molecular weight is 324 g/mol. The van der Waals surface area contributed by atoms with Crippen molar-refractivity contribution in [3.05, 3.63) is 38.2 Å². The molecule has 1 aromatic carbocycles. The molecule has 6 heteroatoms. The second-order valence-corrected chi connectivity index (χ2v) is 5.21. The minimum Gasteiger partial charge on any atom is -0.331 e. The highest BCUT2D eigenvalue weighted by Gasteiger charge is 2.02. The lowest BCUT2D eigenvalue weighted by Crippen LogP contribution is -1.88. The van der Waals surface area contributed by atoms with Gasteiger partial charge in [0.25, 0.3) is 0 Å². The maximum atomic E-state index is 5.89. The van der Waals surface area contributed by atoms with E-state index in [1.54, 1.807) is 12.1 Å². The zero-order chi connectivity index (χ0) is 10.8. The van der Waals surface area contributed by atoms with Crippen LogP contribution >= 0.6 is 50.5 Å². The maximum absolute atomic E-state index is 5.89. The number of halogens is 3. The first-order chi connectivity index (χ1) is 7.15. The predicted molar refractivity (Wildman–Crippen MR) is 69.6 cm³/mol. The average Bonchev–Trinajstić information content (AvgIpc) is 2.58. The summed E-state index contributed by atoms with van der Waals surface area (Å²) in [7, 11) is 0. The number of rotatable bonds is 2. The summed E-state index contributed by atoms with van der Waals surface area (Å²) in [5.41, 5.74) is 0.867. The number of anilines is 2. The number of hydrogen-bond acceptors (Lipinski definition) is 3. The van der Waals surface area contributed by atoms with Gasteiger partial charge in [-0.05, 0) is 34.1 Å². The molecular formula is C9H5BrCl2N2S. The lowest BCUT2D eigenvalue weighted by molar-refractivity contribution is 1.35. The van der Waals surface area contributed by atoms with Crippen LogP contribution in [0.2, 0.25) is 10.0 Å². The molecule has 0 radical (unpaired) electrons. The minimum absolute atomic E-state index is 0.525. The quantitative estimate of drug-likeness (QED) is 0.845. The Balaban J connectivity index is 2.21. The number of aromatic nitrogens is 1. The van der Waals surface area contributed by atoms with E-state index >= 15 is 0 Å². The van der Waals surface area contributed by atoms with Gasteiger partial charge in [0, 0.05) is 11.1 Å². The van der Waals surface area contributed by atoms with Crippen molar-refractivity contribution in [3.8, 4) is 0 Å². The second-order valence-electron chi connectivity index (χ2n) is 2.73. The first kappa shape index (κ1) is 11.2. The van der Waals surface area contributed by atoms with Crippen LogP contribution in [0.15, 0.2) is 28.2 Å². The van der Waals surface area contributed by atoms with Crippen molar-refractivity contribution in [2.24, 2.45) is 0 Å². The lowest BCUT2D eigenvalue weighted by atomic mass is 10.3. The fourth-order valence-electron chi connectivity index (χ4n) is 1.01. The van der Waals surface area contributed by atoms with Gasteiger partial charge >= 0.3 is 0 Å². The molecule has 2 aromatic rings. The van der Waals surface area contributed by atoms with Gasteiger partial charge in [0.15, 0.2) is 5.13 Å². The van der Waals surface area contributed by atoms with Gasteiger partial charge in [-0.25, -0.2) is 4.98 Å². The van der Waals surface area contributed by atoms with Gasteiger partial charge in [-0.2, -0.15) is 0 Å². The van der Waals surface area contributed by atoms with E-state index in [0.717, 1.165) is 15.4 Å². The van der Waals surface area contributed by atoms with Gasteiger partial charge in [-0.1, -0.05) is 23.2 Å². The van der Waals surface area contributed by atoms with Crippen molar-refractivity contribution >= 4 is 61.3 Å². The summed E-state index contributed by atoms with van der Waals surface area (Å²) in [6.45, 7) is 0. The highest BCUT2D eigenvalue weighted by molar-refractivity contribution is 9.10. The van der Waals surface area contributed by atoms with Gasteiger partial charge in [0.2, 0.25) is 0 Å². The molecule has 2 nitrogen and oxygen atoms in total. The number of nitrogens with one attached hydrogen (secondary N) is 1. The Morgan fingerprint density at radius 2 is 2.07 bits per heavy atom. The summed E-state index contributed by atoms with van der Waals surface area (Å²) in [5.74, 6) is 0. The van der Waals surface area contributed by atoms with Crippen LogP contribution in [0.4, 0.5) is 10.8 Å². The third-order valence-electron chi connectivity index (χ3n) is 1.65. The van der Waals surface area contributed by atoms with E-state index in [4.69, 9.17) is 23.2 Å². The molecule has 0 spiro atoms. The summed E-state index contributed by atoms with van der Waals surface area (Å²) in [5, 5.41) is 6.90. The molecule has 0 aliphatic rings. The third-order valence-corrected chi connectivity index (χ3v) is 3.85. The number of hydrogen-bond donors (Lipinski definition) is 1. The Labute approximate surface area is 109 Å². The van der Waals surface area contributed by atoms with Gasteiger partial charge < -0.3 is 5.32 Å². The normalized spacial score (nSPS) is 10.3. The fourth-order valence-corrected chi connectivity index (χ4v) is 2.47. The predicted octanol–water partition coefficient (Wildman–Crippen LogP) is 4.96. The lowest BCUT2D eigenvalue weighted by Gasteiger charge is -2.03. The molecule has 1 N–H and O–H groups in total. The molecule has 0 aliphatic carbocycles. The molecule has 2 rings (SSSR count). The van der Waals surface area contributed by atoms with Gasteiger partial charge in [-0.15, -0.1) is 11.3 Å². The molecule has 0 saturated heterocycles. The second kappa shape index (κ2) is 4.70. The van der Waals surface area contributed by atoms with Crippen LogP contribution in [-0.4, -0.2) is 4.98 Å². The number of benzene rings is 1. The highest BCUT2D eigenvalue weighted by atomic mass is 79.9. The number of nitrogens with zero attached hydrogens (tertiary/aromatic N) is 1. The molecule has 0 bridgehead atoms. The molecule has 1 heterocycles. The molecule has 15 heavy (non-hydrogen) atoms.